The number of nitrogens with zero attached hydrogens (tertiary/aromatic N) is 4. The maximum atomic E-state index is 5.85. The van der Waals surface area contributed by atoms with E-state index < -0.39 is 0 Å². The van der Waals surface area contributed by atoms with Crippen LogP contribution in [-0.2, 0) is 0 Å². The second-order valence-electron chi connectivity index (χ2n) is 4.58. The molecule has 0 spiro atoms. The van der Waals surface area contributed by atoms with Gasteiger partial charge in [0.1, 0.15) is 0 Å². The minimum atomic E-state index is 0.215. The molecule has 0 bridgehead atoms. The number of hydrogen-bond acceptors (Lipinski definition) is 6. The van der Waals surface area contributed by atoms with Crippen LogP contribution in [0.4, 0.5) is 11.9 Å². The number of nitrogens with one attached hydrogen (secondary N) is 2. The summed E-state index contributed by atoms with van der Waals surface area (Å²) >= 11 is 5.85. The lowest BCUT2D eigenvalue weighted by atomic mass is 10.1. The van der Waals surface area contributed by atoms with Crippen molar-refractivity contribution in [1.29, 1.82) is 0 Å². The summed E-state index contributed by atoms with van der Waals surface area (Å²) < 4.78 is 0. The molecule has 1 aliphatic rings. The second kappa shape index (κ2) is 6.15. The SMILES string of the molecule is CCNc1nc(Cl)nc(NCC2CCN(C)C2)n1. The Morgan fingerprint density at radius 1 is 1.28 bits per heavy atom. The first kappa shape index (κ1) is 13.3. The molecule has 1 aromatic heterocycles. The molecule has 0 aliphatic carbocycles. The molecule has 0 amide bonds. The largest absolute Gasteiger partial charge is 0.354 e. The van der Waals surface area contributed by atoms with Gasteiger partial charge in [-0.3, -0.25) is 0 Å². The number of rotatable bonds is 5. The molecular formula is C11H19ClN6. The Balaban J connectivity index is 1.92. The van der Waals surface area contributed by atoms with Crippen LogP contribution < -0.4 is 10.6 Å². The number of halogens is 1. The molecule has 1 fully saturated rings. The minimum Gasteiger partial charge on any atom is -0.354 e. The fourth-order valence-corrected chi connectivity index (χ4v) is 2.25. The van der Waals surface area contributed by atoms with Crippen LogP contribution in [0.5, 0.6) is 0 Å². The average Bonchev–Trinajstić information content (AvgIpc) is 2.72. The maximum Gasteiger partial charge on any atom is 0.228 e. The van der Waals surface area contributed by atoms with E-state index in [-0.39, 0.29) is 5.28 Å². The van der Waals surface area contributed by atoms with Crippen LogP contribution in [0.25, 0.3) is 0 Å². The van der Waals surface area contributed by atoms with E-state index in [1.54, 1.807) is 0 Å². The normalized spacial score (nSPS) is 20.1. The smallest absolute Gasteiger partial charge is 0.228 e. The van der Waals surface area contributed by atoms with Crippen molar-refractivity contribution in [1.82, 2.24) is 19.9 Å². The molecule has 2 rings (SSSR count). The van der Waals surface area contributed by atoms with E-state index in [1.165, 1.54) is 6.42 Å². The lowest BCUT2D eigenvalue weighted by Crippen LogP contribution is -2.20. The summed E-state index contributed by atoms with van der Waals surface area (Å²) in [6.45, 7) is 5.89. The zero-order valence-electron chi connectivity index (χ0n) is 10.8. The molecule has 0 radical (unpaired) electrons. The zero-order chi connectivity index (χ0) is 13.0. The summed E-state index contributed by atoms with van der Waals surface area (Å²) in [6.07, 6.45) is 1.21. The van der Waals surface area contributed by atoms with Gasteiger partial charge in [0.05, 0.1) is 0 Å². The van der Waals surface area contributed by atoms with E-state index in [4.69, 9.17) is 11.6 Å². The summed E-state index contributed by atoms with van der Waals surface area (Å²) in [5, 5.41) is 6.48. The molecule has 6 nitrogen and oxygen atoms in total. The van der Waals surface area contributed by atoms with E-state index in [2.05, 4.69) is 37.5 Å². The number of hydrogen-bond donors (Lipinski definition) is 2. The van der Waals surface area contributed by atoms with Crippen LogP contribution in [0.3, 0.4) is 0 Å². The van der Waals surface area contributed by atoms with Gasteiger partial charge < -0.3 is 15.5 Å². The Labute approximate surface area is 112 Å². The average molecular weight is 271 g/mol. The van der Waals surface area contributed by atoms with Crippen LogP contribution in [0.1, 0.15) is 13.3 Å². The predicted octanol–water partition coefficient (Wildman–Crippen LogP) is 1.32. The van der Waals surface area contributed by atoms with Gasteiger partial charge in [-0.2, -0.15) is 15.0 Å². The van der Waals surface area contributed by atoms with E-state index in [1.807, 2.05) is 6.92 Å². The van der Waals surface area contributed by atoms with Crippen molar-refractivity contribution in [2.75, 3.05) is 43.9 Å². The van der Waals surface area contributed by atoms with Crippen LogP contribution in [0.2, 0.25) is 5.28 Å². The van der Waals surface area contributed by atoms with Crippen LogP contribution in [0, 0.1) is 5.92 Å². The van der Waals surface area contributed by atoms with Crippen LogP contribution in [0.15, 0.2) is 0 Å². The highest BCUT2D eigenvalue weighted by Gasteiger charge is 2.19. The maximum absolute atomic E-state index is 5.85. The molecular weight excluding hydrogens is 252 g/mol. The molecule has 1 aliphatic heterocycles. The van der Waals surface area contributed by atoms with Crippen molar-refractivity contribution in [3.63, 3.8) is 0 Å². The summed E-state index contributed by atoms with van der Waals surface area (Å²) in [6, 6.07) is 0. The Kier molecular flexibility index (Phi) is 4.54. The molecule has 1 saturated heterocycles. The third-order valence-corrected chi connectivity index (χ3v) is 3.15. The monoisotopic (exact) mass is 270 g/mol. The third-order valence-electron chi connectivity index (χ3n) is 2.98. The highest BCUT2D eigenvalue weighted by Crippen LogP contribution is 2.15. The van der Waals surface area contributed by atoms with Crippen molar-refractivity contribution in [3.05, 3.63) is 5.28 Å². The van der Waals surface area contributed by atoms with Gasteiger partial charge in [-0.15, -0.1) is 0 Å². The zero-order valence-corrected chi connectivity index (χ0v) is 11.5. The second-order valence-corrected chi connectivity index (χ2v) is 4.92. The lowest BCUT2D eigenvalue weighted by Gasteiger charge is -2.12. The fourth-order valence-electron chi connectivity index (χ4n) is 2.09. The van der Waals surface area contributed by atoms with E-state index in [0.717, 1.165) is 26.2 Å². The summed E-state index contributed by atoms with van der Waals surface area (Å²) in [7, 11) is 2.14. The minimum absolute atomic E-state index is 0.215. The van der Waals surface area contributed by atoms with E-state index in [0.29, 0.717) is 17.8 Å². The molecule has 7 heteroatoms. The fraction of sp³-hybridized carbons (Fsp3) is 0.727. The molecule has 1 unspecified atom stereocenters. The van der Waals surface area contributed by atoms with Crippen molar-refractivity contribution < 1.29 is 0 Å². The number of aromatic nitrogens is 3. The number of anilines is 2. The van der Waals surface area contributed by atoms with Crippen LogP contribution >= 0.6 is 11.6 Å². The van der Waals surface area contributed by atoms with Gasteiger partial charge in [-0.25, -0.2) is 0 Å². The highest BCUT2D eigenvalue weighted by atomic mass is 35.5. The standard InChI is InChI=1S/C11H19ClN6/c1-3-13-10-15-9(12)16-11(17-10)14-6-8-4-5-18(2)7-8/h8H,3-7H2,1-2H3,(H2,13,14,15,16,17). The lowest BCUT2D eigenvalue weighted by molar-refractivity contribution is 0.399. The van der Waals surface area contributed by atoms with Crippen molar-refractivity contribution in [3.8, 4) is 0 Å². The Bertz CT molecular complexity index is 399. The molecule has 1 aromatic rings. The molecule has 2 heterocycles. The molecule has 0 aromatic carbocycles. The van der Waals surface area contributed by atoms with Gasteiger partial charge in [-0.05, 0) is 44.5 Å². The van der Waals surface area contributed by atoms with Gasteiger partial charge in [0.15, 0.2) is 0 Å². The Morgan fingerprint density at radius 2 is 2.00 bits per heavy atom. The highest BCUT2D eigenvalue weighted by molar-refractivity contribution is 6.28. The van der Waals surface area contributed by atoms with Gasteiger partial charge in [0, 0.05) is 19.6 Å². The summed E-state index contributed by atoms with van der Waals surface area (Å²) in [5.41, 5.74) is 0. The molecule has 18 heavy (non-hydrogen) atoms. The first-order chi connectivity index (χ1) is 8.67. The Morgan fingerprint density at radius 3 is 2.61 bits per heavy atom. The van der Waals surface area contributed by atoms with Crippen molar-refractivity contribution in [2.24, 2.45) is 5.92 Å². The molecule has 1 atom stereocenters. The predicted molar refractivity (Wildman–Crippen MR) is 73.1 cm³/mol. The molecule has 2 N–H and O–H groups in total. The van der Waals surface area contributed by atoms with Crippen LogP contribution in [-0.4, -0.2) is 53.1 Å². The van der Waals surface area contributed by atoms with Gasteiger partial charge in [0.25, 0.3) is 0 Å². The van der Waals surface area contributed by atoms with Crippen molar-refractivity contribution >= 4 is 23.5 Å². The molecule has 0 saturated carbocycles. The third kappa shape index (κ3) is 3.68. The Hall–Kier alpha value is -1.14. The van der Waals surface area contributed by atoms with Gasteiger partial charge >= 0.3 is 0 Å². The van der Waals surface area contributed by atoms with Gasteiger partial charge in [0.2, 0.25) is 17.2 Å². The number of likely N-dealkylation sites (tertiary alicyclic amines) is 1. The van der Waals surface area contributed by atoms with Gasteiger partial charge in [-0.1, -0.05) is 0 Å². The first-order valence-electron chi connectivity index (χ1n) is 6.25. The molecule has 100 valence electrons. The van der Waals surface area contributed by atoms with E-state index >= 15 is 0 Å². The quantitative estimate of drug-likeness (QED) is 0.841. The topological polar surface area (TPSA) is 66.0 Å². The van der Waals surface area contributed by atoms with E-state index in [9.17, 15) is 0 Å². The first-order valence-corrected chi connectivity index (χ1v) is 6.63. The van der Waals surface area contributed by atoms with Crippen molar-refractivity contribution in [2.45, 2.75) is 13.3 Å². The summed E-state index contributed by atoms with van der Waals surface area (Å²) in [4.78, 5) is 14.7. The summed E-state index contributed by atoms with van der Waals surface area (Å²) in [5.74, 6) is 1.71.